The van der Waals surface area contributed by atoms with Crippen LogP contribution >= 0.6 is 15.9 Å². The number of hydrogen-bond acceptors (Lipinski definition) is 4. The van der Waals surface area contributed by atoms with E-state index >= 15 is 0 Å². The standard InChI is InChI=1S/C12H13BrN2O4/c1-2-14-12(18)15-11(17)7-19-10-4-3-9(13)5-8(10)6-16/h3-6H,2,7H2,1H3,(H2,14,15,17,18). The van der Waals surface area contributed by atoms with Gasteiger partial charge in [0.15, 0.2) is 12.9 Å². The van der Waals surface area contributed by atoms with Gasteiger partial charge in [0, 0.05) is 11.0 Å². The number of urea groups is 1. The molecule has 0 saturated carbocycles. The number of amides is 3. The molecule has 7 heteroatoms. The molecular formula is C12H13BrN2O4. The topological polar surface area (TPSA) is 84.5 Å². The molecule has 0 aromatic heterocycles. The van der Waals surface area contributed by atoms with Crippen LogP contribution in [0.1, 0.15) is 17.3 Å². The summed E-state index contributed by atoms with van der Waals surface area (Å²) in [4.78, 5) is 33.3. The van der Waals surface area contributed by atoms with Gasteiger partial charge in [0.05, 0.1) is 5.56 Å². The van der Waals surface area contributed by atoms with Crippen molar-refractivity contribution in [2.24, 2.45) is 0 Å². The number of halogens is 1. The van der Waals surface area contributed by atoms with Gasteiger partial charge in [-0.3, -0.25) is 14.9 Å². The molecule has 0 aliphatic heterocycles. The highest BCUT2D eigenvalue weighted by Crippen LogP contribution is 2.21. The molecule has 0 spiro atoms. The lowest BCUT2D eigenvalue weighted by Crippen LogP contribution is -2.41. The molecule has 6 nitrogen and oxygen atoms in total. The van der Waals surface area contributed by atoms with Crippen LogP contribution in [0.3, 0.4) is 0 Å². The van der Waals surface area contributed by atoms with E-state index in [2.05, 4.69) is 26.6 Å². The van der Waals surface area contributed by atoms with E-state index in [9.17, 15) is 14.4 Å². The lowest BCUT2D eigenvalue weighted by atomic mass is 10.2. The highest BCUT2D eigenvalue weighted by molar-refractivity contribution is 9.10. The predicted octanol–water partition coefficient (Wildman–Crippen LogP) is 1.49. The molecule has 1 aromatic rings. The molecule has 0 saturated heterocycles. The Morgan fingerprint density at radius 3 is 2.79 bits per heavy atom. The minimum Gasteiger partial charge on any atom is -0.483 e. The Balaban J connectivity index is 2.55. The first-order valence-corrected chi connectivity index (χ1v) is 6.31. The normalized spacial score (nSPS) is 9.58. The van der Waals surface area contributed by atoms with Crippen molar-refractivity contribution in [3.05, 3.63) is 28.2 Å². The number of ether oxygens (including phenoxy) is 1. The van der Waals surface area contributed by atoms with E-state index in [-0.39, 0.29) is 12.4 Å². The van der Waals surface area contributed by atoms with E-state index in [4.69, 9.17) is 4.74 Å². The maximum atomic E-state index is 11.4. The maximum absolute atomic E-state index is 11.4. The van der Waals surface area contributed by atoms with Crippen molar-refractivity contribution < 1.29 is 19.1 Å². The lowest BCUT2D eigenvalue weighted by Gasteiger charge is -2.09. The minimum atomic E-state index is -0.592. The quantitative estimate of drug-likeness (QED) is 0.802. The van der Waals surface area contributed by atoms with Gasteiger partial charge in [-0.1, -0.05) is 15.9 Å². The molecule has 0 radical (unpaired) electrons. The molecule has 102 valence electrons. The van der Waals surface area contributed by atoms with Crippen molar-refractivity contribution in [1.29, 1.82) is 0 Å². The number of benzene rings is 1. The number of rotatable bonds is 5. The van der Waals surface area contributed by atoms with Gasteiger partial charge in [0.25, 0.3) is 5.91 Å². The molecule has 1 rings (SSSR count). The van der Waals surface area contributed by atoms with E-state index in [0.29, 0.717) is 18.4 Å². The van der Waals surface area contributed by atoms with Crippen LogP contribution in [-0.2, 0) is 4.79 Å². The molecule has 0 atom stereocenters. The van der Waals surface area contributed by atoms with Crippen molar-refractivity contribution in [1.82, 2.24) is 10.6 Å². The molecule has 0 aliphatic rings. The number of nitrogens with one attached hydrogen (secondary N) is 2. The first-order chi connectivity index (χ1) is 9.06. The average Bonchev–Trinajstić information content (AvgIpc) is 2.37. The fraction of sp³-hybridized carbons (Fsp3) is 0.250. The third kappa shape index (κ3) is 5.09. The summed E-state index contributed by atoms with van der Waals surface area (Å²) >= 11 is 3.22. The van der Waals surface area contributed by atoms with Crippen LogP contribution in [0.25, 0.3) is 0 Å². The molecule has 3 amide bonds. The van der Waals surface area contributed by atoms with Gasteiger partial charge in [-0.05, 0) is 25.1 Å². The Kier molecular flexibility index (Phi) is 6.01. The summed E-state index contributed by atoms with van der Waals surface area (Å²) in [6.45, 7) is 1.81. The molecule has 2 N–H and O–H groups in total. The number of carbonyl (C=O) groups excluding carboxylic acids is 3. The number of carbonyl (C=O) groups is 3. The van der Waals surface area contributed by atoms with E-state index < -0.39 is 11.9 Å². The van der Waals surface area contributed by atoms with Crippen LogP contribution in [0.2, 0.25) is 0 Å². The van der Waals surface area contributed by atoms with E-state index in [0.717, 1.165) is 4.47 Å². The van der Waals surface area contributed by atoms with Crippen molar-refractivity contribution in [3.8, 4) is 5.75 Å². The Labute approximate surface area is 118 Å². The van der Waals surface area contributed by atoms with Crippen molar-refractivity contribution >= 4 is 34.2 Å². The molecule has 0 bridgehead atoms. The molecule has 0 heterocycles. The fourth-order valence-electron chi connectivity index (χ4n) is 1.25. The smallest absolute Gasteiger partial charge is 0.321 e. The molecular weight excluding hydrogens is 316 g/mol. The Morgan fingerprint density at radius 1 is 1.42 bits per heavy atom. The van der Waals surface area contributed by atoms with Crippen molar-refractivity contribution in [3.63, 3.8) is 0 Å². The highest BCUT2D eigenvalue weighted by atomic mass is 79.9. The zero-order chi connectivity index (χ0) is 14.3. The van der Waals surface area contributed by atoms with Crippen molar-refractivity contribution in [2.75, 3.05) is 13.2 Å². The van der Waals surface area contributed by atoms with Crippen LogP contribution in [0, 0.1) is 0 Å². The van der Waals surface area contributed by atoms with Gasteiger partial charge >= 0.3 is 6.03 Å². The highest BCUT2D eigenvalue weighted by Gasteiger charge is 2.09. The average molecular weight is 329 g/mol. The van der Waals surface area contributed by atoms with Gasteiger partial charge in [-0.25, -0.2) is 4.79 Å². The van der Waals surface area contributed by atoms with Gasteiger partial charge < -0.3 is 10.1 Å². The first-order valence-electron chi connectivity index (χ1n) is 5.52. The summed E-state index contributed by atoms with van der Waals surface area (Å²) in [7, 11) is 0. The van der Waals surface area contributed by atoms with Crippen LogP contribution in [0.5, 0.6) is 5.75 Å². The monoisotopic (exact) mass is 328 g/mol. The van der Waals surface area contributed by atoms with Gasteiger partial charge in [0.1, 0.15) is 5.75 Å². The fourth-order valence-corrected chi connectivity index (χ4v) is 1.63. The largest absolute Gasteiger partial charge is 0.483 e. The minimum absolute atomic E-state index is 0.282. The van der Waals surface area contributed by atoms with Crippen molar-refractivity contribution in [2.45, 2.75) is 6.92 Å². The number of hydrogen-bond donors (Lipinski definition) is 2. The number of imide groups is 1. The van der Waals surface area contributed by atoms with Gasteiger partial charge in [0.2, 0.25) is 0 Å². The second-order valence-corrected chi connectivity index (χ2v) is 4.41. The third-order valence-electron chi connectivity index (χ3n) is 2.05. The Bertz CT molecular complexity index is 491. The second-order valence-electron chi connectivity index (χ2n) is 3.50. The third-order valence-corrected chi connectivity index (χ3v) is 2.54. The van der Waals surface area contributed by atoms with Crippen LogP contribution in [0.15, 0.2) is 22.7 Å². The summed E-state index contributed by atoms with van der Waals surface area (Å²) in [5.74, 6) is -0.310. The van der Waals surface area contributed by atoms with E-state index in [1.165, 1.54) is 0 Å². The first kappa shape index (κ1) is 15.2. The summed E-state index contributed by atoms with van der Waals surface area (Å²) in [5, 5.41) is 4.50. The molecule has 1 aromatic carbocycles. The van der Waals surface area contributed by atoms with E-state index in [1.807, 2.05) is 0 Å². The SMILES string of the molecule is CCNC(=O)NC(=O)COc1ccc(Br)cc1C=O. The molecule has 0 fully saturated rings. The van der Waals surface area contributed by atoms with Crippen LogP contribution < -0.4 is 15.4 Å². The number of aldehydes is 1. The molecule has 19 heavy (non-hydrogen) atoms. The second kappa shape index (κ2) is 7.52. The summed E-state index contributed by atoms with van der Waals surface area (Å²) in [5.41, 5.74) is 0.320. The van der Waals surface area contributed by atoms with Gasteiger partial charge in [-0.2, -0.15) is 0 Å². The van der Waals surface area contributed by atoms with Gasteiger partial charge in [-0.15, -0.1) is 0 Å². The summed E-state index contributed by atoms with van der Waals surface area (Å²) < 4.78 is 5.91. The lowest BCUT2D eigenvalue weighted by molar-refractivity contribution is -0.122. The molecule has 0 aliphatic carbocycles. The predicted molar refractivity (Wildman–Crippen MR) is 72.2 cm³/mol. The molecule has 0 unspecified atom stereocenters. The Hall–Kier alpha value is -1.89. The maximum Gasteiger partial charge on any atom is 0.321 e. The zero-order valence-corrected chi connectivity index (χ0v) is 11.8. The van der Waals surface area contributed by atoms with E-state index in [1.54, 1.807) is 25.1 Å². The van der Waals surface area contributed by atoms with Crippen LogP contribution in [0.4, 0.5) is 4.79 Å². The zero-order valence-electron chi connectivity index (χ0n) is 10.2. The summed E-state index contributed by atoms with van der Waals surface area (Å²) in [6, 6.07) is 4.24. The summed E-state index contributed by atoms with van der Waals surface area (Å²) in [6.07, 6.45) is 0.627. The van der Waals surface area contributed by atoms with Crippen LogP contribution in [-0.4, -0.2) is 31.4 Å². The Morgan fingerprint density at radius 2 is 2.16 bits per heavy atom.